The Kier molecular flexibility index (Phi) is 5.90. The van der Waals surface area contributed by atoms with E-state index < -0.39 is 5.97 Å². The third-order valence-electron chi connectivity index (χ3n) is 2.66. The Balaban J connectivity index is 2.82. The van der Waals surface area contributed by atoms with Crippen molar-refractivity contribution in [3.05, 3.63) is 16.0 Å². The summed E-state index contributed by atoms with van der Waals surface area (Å²) in [6.45, 7) is 8.30. The molecule has 21 heavy (non-hydrogen) atoms. The van der Waals surface area contributed by atoms with Crippen LogP contribution < -0.4 is 10.6 Å². The molecule has 0 fully saturated rings. The number of carbonyl (C=O) groups is 3. The van der Waals surface area contributed by atoms with E-state index in [9.17, 15) is 14.4 Å². The van der Waals surface area contributed by atoms with Crippen molar-refractivity contribution in [1.29, 1.82) is 0 Å². The lowest BCUT2D eigenvalue weighted by molar-refractivity contribution is -0.124. The van der Waals surface area contributed by atoms with Crippen LogP contribution in [0.15, 0.2) is 0 Å². The van der Waals surface area contributed by atoms with Gasteiger partial charge < -0.3 is 15.4 Å². The van der Waals surface area contributed by atoms with Gasteiger partial charge in [0.1, 0.15) is 5.00 Å². The predicted molar refractivity (Wildman–Crippen MR) is 81.7 cm³/mol. The number of hydrogen-bond donors (Lipinski definition) is 2. The van der Waals surface area contributed by atoms with Crippen molar-refractivity contribution < 1.29 is 19.1 Å². The molecule has 0 unspecified atom stereocenters. The predicted octanol–water partition coefficient (Wildman–Crippen LogP) is 2.00. The lowest BCUT2D eigenvalue weighted by Gasteiger charge is -2.10. The average Bonchev–Trinajstić information content (AvgIpc) is 2.60. The maximum atomic E-state index is 12.1. The van der Waals surface area contributed by atoms with Crippen LogP contribution in [0.1, 0.15) is 41.6 Å². The van der Waals surface area contributed by atoms with Crippen LogP contribution in [0.25, 0.3) is 0 Å². The highest BCUT2D eigenvalue weighted by atomic mass is 32.1. The van der Waals surface area contributed by atoms with E-state index in [-0.39, 0.29) is 24.5 Å². The van der Waals surface area contributed by atoms with Gasteiger partial charge in [0, 0.05) is 17.8 Å². The largest absolute Gasteiger partial charge is 0.452 e. The molecular formula is C14H20N2O4S. The molecule has 0 bridgehead atoms. The van der Waals surface area contributed by atoms with Crippen LogP contribution >= 0.6 is 11.3 Å². The Labute approximate surface area is 127 Å². The van der Waals surface area contributed by atoms with Gasteiger partial charge >= 0.3 is 5.97 Å². The first-order valence-corrected chi connectivity index (χ1v) is 7.38. The van der Waals surface area contributed by atoms with Crippen LogP contribution in [0.2, 0.25) is 0 Å². The molecule has 1 aromatic rings. The van der Waals surface area contributed by atoms with Gasteiger partial charge in [0.2, 0.25) is 5.91 Å². The van der Waals surface area contributed by atoms with Crippen molar-refractivity contribution >= 4 is 34.1 Å². The minimum Gasteiger partial charge on any atom is -0.452 e. The molecular weight excluding hydrogens is 292 g/mol. The molecule has 1 rings (SSSR count). The SMILES string of the molecule is CC(=O)Nc1sc(C)c(C)c1C(=O)OCC(=O)NC(C)C. The van der Waals surface area contributed by atoms with E-state index in [1.165, 1.54) is 18.3 Å². The standard InChI is InChI=1S/C14H20N2O4S/c1-7(2)15-11(18)6-20-14(19)12-8(3)9(4)21-13(12)16-10(5)17/h7H,6H2,1-5H3,(H,15,18)(H,16,17). The number of nitrogens with one attached hydrogen (secondary N) is 2. The minimum atomic E-state index is -0.612. The molecule has 2 N–H and O–H groups in total. The van der Waals surface area contributed by atoms with Crippen LogP contribution in [-0.2, 0) is 14.3 Å². The molecule has 0 radical (unpaired) electrons. The van der Waals surface area contributed by atoms with E-state index in [1.54, 1.807) is 6.92 Å². The average molecular weight is 312 g/mol. The van der Waals surface area contributed by atoms with Gasteiger partial charge in [-0.2, -0.15) is 0 Å². The monoisotopic (exact) mass is 312 g/mol. The first-order chi connectivity index (χ1) is 9.72. The summed E-state index contributed by atoms with van der Waals surface area (Å²) >= 11 is 1.31. The van der Waals surface area contributed by atoms with E-state index in [1.807, 2.05) is 20.8 Å². The molecule has 6 nitrogen and oxygen atoms in total. The number of anilines is 1. The Morgan fingerprint density at radius 1 is 1.24 bits per heavy atom. The topological polar surface area (TPSA) is 84.5 Å². The summed E-state index contributed by atoms with van der Waals surface area (Å²) in [5.41, 5.74) is 1.06. The van der Waals surface area contributed by atoms with E-state index >= 15 is 0 Å². The molecule has 0 saturated heterocycles. The zero-order chi connectivity index (χ0) is 16.2. The van der Waals surface area contributed by atoms with Crippen LogP contribution in [0, 0.1) is 13.8 Å². The van der Waals surface area contributed by atoms with Gasteiger partial charge in [-0.1, -0.05) is 0 Å². The number of thiophene rings is 1. The van der Waals surface area contributed by atoms with Gasteiger partial charge in [0.25, 0.3) is 5.91 Å². The summed E-state index contributed by atoms with van der Waals surface area (Å²) in [6.07, 6.45) is 0. The summed E-state index contributed by atoms with van der Waals surface area (Å²) in [6, 6.07) is -0.0173. The summed E-state index contributed by atoms with van der Waals surface area (Å²) in [5, 5.41) is 5.70. The van der Waals surface area contributed by atoms with E-state index in [0.29, 0.717) is 10.6 Å². The number of esters is 1. The first kappa shape index (κ1) is 17.2. The van der Waals surface area contributed by atoms with Crippen molar-refractivity contribution in [3.8, 4) is 0 Å². The highest BCUT2D eigenvalue weighted by Crippen LogP contribution is 2.32. The van der Waals surface area contributed by atoms with Gasteiger partial charge in [0.15, 0.2) is 6.61 Å². The maximum absolute atomic E-state index is 12.1. The zero-order valence-electron chi connectivity index (χ0n) is 12.8. The molecule has 1 heterocycles. The first-order valence-electron chi connectivity index (χ1n) is 6.56. The fraction of sp³-hybridized carbons (Fsp3) is 0.500. The van der Waals surface area contributed by atoms with E-state index in [4.69, 9.17) is 4.74 Å². The molecule has 116 valence electrons. The summed E-state index contributed by atoms with van der Waals surface area (Å²) in [4.78, 5) is 35.7. The Bertz CT molecular complexity index is 564. The van der Waals surface area contributed by atoms with Crippen molar-refractivity contribution in [1.82, 2.24) is 5.32 Å². The molecule has 0 spiro atoms. The Hall–Kier alpha value is -1.89. The van der Waals surface area contributed by atoms with Gasteiger partial charge in [-0.15, -0.1) is 11.3 Å². The second kappa shape index (κ2) is 7.21. The molecule has 0 aromatic carbocycles. The zero-order valence-corrected chi connectivity index (χ0v) is 13.6. The molecule has 0 atom stereocenters. The normalized spacial score (nSPS) is 10.4. The van der Waals surface area contributed by atoms with Crippen molar-refractivity contribution in [3.63, 3.8) is 0 Å². The van der Waals surface area contributed by atoms with Crippen LogP contribution in [0.5, 0.6) is 0 Å². The van der Waals surface area contributed by atoms with Crippen molar-refractivity contribution in [2.24, 2.45) is 0 Å². The quantitative estimate of drug-likeness (QED) is 0.815. The Morgan fingerprint density at radius 3 is 2.38 bits per heavy atom. The van der Waals surface area contributed by atoms with Crippen LogP contribution in [0.4, 0.5) is 5.00 Å². The Morgan fingerprint density at radius 2 is 1.86 bits per heavy atom. The van der Waals surface area contributed by atoms with Gasteiger partial charge in [-0.05, 0) is 33.3 Å². The third-order valence-corrected chi connectivity index (χ3v) is 3.79. The molecule has 1 aromatic heterocycles. The number of aryl methyl sites for hydroxylation is 1. The molecule has 7 heteroatoms. The van der Waals surface area contributed by atoms with Gasteiger partial charge in [-0.3, -0.25) is 9.59 Å². The highest BCUT2D eigenvalue weighted by molar-refractivity contribution is 7.16. The number of amides is 2. The summed E-state index contributed by atoms with van der Waals surface area (Å²) < 4.78 is 5.01. The maximum Gasteiger partial charge on any atom is 0.341 e. The van der Waals surface area contributed by atoms with Gasteiger partial charge in [-0.25, -0.2) is 4.79 Å². The van der Waals surface area contributed by atoms with Crippen LogP contribution in [-0.4, -0.2) is 30.4 Å². The van der Waals surface area contributed by atoms with Crippen molar-refractivity contribution in [2.45, 2.75) is 40.7 Å². The van der Waals surface area contributed by atoms with E-state index in [0.717, 1.165) is 10.4 Å². The molecule has 0 aliphatic heterocycles. The second-order valence-electron chi connectivity index (χ2n) is 4.97. The molecule has 0 aliphatic carbocycles. The third kappa shape index (κ3) is 4.86. The molecule has 0 aliphatic rings. The number of carbonyl (C=O) groups excluding carboxylic acids is 3. The molecule has 0 saturated carbocycles. The number of rotatable bonds is 5. The van der Waals surface area contributed by atoms with E-state index in [2.05, 4.69) is 10.6 Å². The fourth-order valence-electron chi connectivity index (χ4n) is 1.69. The van der Waals surface area contributed by atoms with Gasteiger partial charge in [0.05, 0.1) is 5.56 Å². The van der Waals surface area contributed by atoms with Crippen molar-refractivity contribution in [2.75, 3.05) is 11.9 Å². The lowest BCUT2D eigenvalue weighted by atomic mass is 10.1. The molecule has 2 amide bonds. The smallest absolute Gasteiger partial charge is 0.341 e. The second-order valence-corrected chi connectivity index (χ2v) is 6.19. The minimum absolute atomic E-state index is 0.0173. The number of hydrogen-bond acceptors (Lipinski definition) is 5. The fourth-order valence-corrected chi connectivity index (χ4v) is 2.78. The lowest BCUT2D eigenvalue weighted by Crippen LogP contribution is -2.34. The summed E-state index contributed by atoms with van der Waals surface area (Å²) in [5.74, 6) is -1.23. The highest BCUT2D eigenvalue weighted by Gasteiger charge is 2.22. The number of ether oxygens (including phenoxy) is 1. The van der Waals surface area contributed by atoms with Crippen LogP contribution in [0.3, 0.4) is 0 Å². The summed E-state index contributed by atoms with van der Waals surface area (Å²) in [7, 11) is 0.